The molecular formula is C14H24N2O3. The molecule has 1 aromatic carbocycles. The van der Waals surface area contributed by atoms with E-state index in [1.165, 1.54) is 0 Å². The summed E-state index contributed by atoms with van der Waals surface area (Å²) in [5.74, 6) is 1.27. The zero-order chi connectivity index (χ0) is 14.5. The average Bonchev–Trinajstić information content (AvgIpc) is 2.36. The van der Waals surface area contributed by atoms with Crippen LogP contribution < -0.4 is 20.5 Å². The van der Waals surface area contributed by atoms with Crippen LogP contribution in [0, 0.1) is 0 Å². The fraction of sp³-hybridized carbons (Fsp3) is 0.571. The van der Waals surface area contributed by atoms with E-state index in [4.69, 9.17) is 19.9 Å². The van der Waals surface area contributed by atoms with Crippen molar-refractivity contribution >= 4 is 11.4 Å². The first kappa shape index (κ1) is 15.4. The van der Waals surface area contributed by atoms with Crippen molar-refractivity contribution in [3.8, 4) is 11.5 Å². The molecule has 0 radical (unpaired) electrons. The maximum atomic E-state index is 5.98. The summed E-state index contributed by atoms with van der Waals surface area (Å²) >= 11 is 0. The van der Waals surface area contributed by atoms with Crippen LogP contribution in [-0.2, 0) is 4.74 Å². The molecule has 0 aliphatic rings. The standard InChI is InChI=1S/C14H24N2O3/c1-6-19-14(2,3)9-16-11-8-13(18-5)12(17-4)7-10(11)15/h7-8,16H,6,9,15H2,1-5H3. The summed E-state index contributed by atoms with van der Waals surface area (Å²) in [5, 5.41) is 3.28. The highest BCUT2D eigenvalue weighted by Gasteiger charge is 2.18. The van der Waals surface area contributed by atoms with Crippen LogP contribution in [0.1, 0.15) is 20.8 Å². The molecule has 0 aromatic heterocycles. The van der Waals surface area contributed by atoms with Gasteiger partial charge in [-0.1, -0.05) is 0 Å². The van der Waals surface area contributed by atoms with Gasteiger partial charge >= 0.3 is 0 Å². The van der Waals surface area contributed by atoms with Crippen LogP contribution in [0.25, 0.3) is 0 Å². The summed E-state index contributed by atoms with van der Waals surface area (Å²) in [5.41, 5.74) is 7.16. The molecule has 1 aromatic rings. The molecule has 3 N–H and O–H groups in total. The predicted molar refractivity (Wildman–Crippen MR) is 78.2 cm³/mol. The lowest BCUT2D eigenvalue weighted by atomic mass is 10.1. The van der Waals surface area contributed by atoms with Crippen molar-refractivity contribution in [3.05, 3.63) is 12.1 Å². The number of nitrogens with two attached hydrogens (primary N) is 1. The second kappa shape index (κ2) is 6.52. The fourth-order valence-corrected chi connectivity index (χ4v) is 1.80. The molecule has 19 heavy (non-hydrogen) atoms. The largest absolute Gasteiger partial charge is 0.493 e. The molecule has 0 saturated heterocycles. The van der Waals surface area contributed by atoms with E-state index >= 15 is 0 Å². The Hall–Kier alpha value is -1.62. The van der Waals surface area contributed by atoms with Gasteiger partial charge in [-0.15, -0.1) is 0 Å². The Morgan fingerprint density at radius 3 is 2.26 bits per heavy atom. The van der Waals surface area contributed by atoms with E-state index in [-0.39, 0.29) is 5.60 Å². The van der Waals surface area contributed by atoms with Crippen LogP contribution in [0.4, 0.5) is 11.4 Å². The van der Waals surface area contributed by atoms with Crippen molar-refractivity contribution in [2.75, 3.05) is 38.4 Å². The van der Waals surface area contributed by atoms with E-state index in [0.717, 1.165) is 5.69 Å². The van der Waals surface area contributed by atoms with Crippen molar-refractivity contribution in [2.45, 2.75) is 26.4 Å². The second-order valence-electron chi connectivity index (χ2n) is 4.84. The maximum absolute atomic E-state index is 5.98. The minimum absolute atomic E-state index is 0.256. The zero-order valence-electron chi connectivity index (χ0n) is 12.4. The summed E-state index contributed by atoms with van der Waals surface area (Å²) in [6.45, 7) is 7.37. The highest BCUT2D eigenvalue weighted by atomic mass is 16.5. The lowest BCUT2D eigenvalue weighted by molar-refractivity contribution is 0.000707. The van der Waals surface area contributed by atoms with Gasteiger partial charge in [0.15, 0.2) is 11.5 Å². The SMILES string of the molecule is CCOC(C)(C)CNc1cc(OC)c(OC)cc1N. The van der Waals surface area contributed by atoms with Gasteiger partial charge in [0, 0.05) is 25.3 Å². The number of nitrogen functional groups attached to an aromatic ring is 1. The van der Waals surface area contributed by atoms with Crippen LogP contribution >= 0.6 is 0 Å². The Balaban J connectivity index is 2.84. The van der Waals surface area contributed by atoms with Gasteiger partial charge in [0.05, 0.1) is 31.2 Å². The number of hydrogen-bond donors (Lipinski definition) is 2. The van der Waals surface area contributed by atoms with E-state index in [1.54, 1.807) is 20.3 Å². The van der Waals surface area contributed by atoms with Crippen LogP contribution in [0.15, 0.2) is 12.1 Å². The summed E-state index contributed by atoms with van der Waals surface area (Å²) in [6, 6.07) is 3.57. The highest BCUT2D eigenvalue weighted by Crippen LogP contribution is 2.35. The monoisotopic (exact) mass is 268 g/mol. The molecule has 108 valence electrons. The normalized spacial score (nSPS) is 11.2. The van der Waals surface area contributed by atoms with E-state index in [0.29, 0.717) is 30.3 Å². The highest BCUT2D eigenvalue weighted by molar-refractivity contribution is 5.72. The lowest BCUT2D eigenvalue weighted by Gasteiger charge is -2.26. The van der Waals surface area contributed by atoms with E-state index in [2.05, 4.69) is 5.32 Å². The quantitative estimate of drug-likeness (QED) is 0.744. The Morgan fingerprint density at radius 2 is 1.74 bits per heavy atom. The second-order valence-corrected chi connectivity index (χ2v) is 4.84. The molecule has 0 unspecified atom stereocenters. The van der Waals surface area contributed by atoms with Crippen molar-refractivity contribution in [3.63, 3.8) is 0 Å². The third-order valence-electron chi connectivity index (χ3n) is 2.80. The summed E-state index contributed by atoms with van der Waals surface area (Å²) in [7, 11) is 3.19. The first-order valence-electron chi connectivity index (χ1n) is 6.33. The van der Waals surface area contributed by atoms with Crippen molar-refractivity contribution in [1.82, 2.24) is 0 Å². The molecule has 0 atom stereocenters. The zero-order valence-corrected chi connectivity index (χ0v) is 12.4. The third kappa shape index (κ3) is 4.21. The van der Waals surface area contributed by atoms with Crippen molar-refractivity contribution in [1.29, 1.82) is 0 Å². The van der Waals surface area contributed by atoms with Crippen LogP contribution in [-0.4, -0.2) is 33.0 Å². The predicted octanol–water partition coefficient (Wildman–Crippen LogP) is 2.51. The smallest absolute Gasteiger partial charge is 0.162 e. The number of rotatable bonds is 7. The number of hydrogen-bond acceptors (Lipinski definition) is 5. The topological polar surface area (TPSA) is 65.7 Å². The number of benzene rings is 1. The summed E-state index contributed by atoms with van der Waals surface area (Å²) < 4.78 is 16.1. The van der Waals surface area contributed by atoms with Gasteiger partial charge in [-0.25, -0.2) is 0 Å². The van der Waals surface area contributed by atoms with Crippen LogP contribution in [0.5, 0.6) is 11.5 Å². The number of methoxy groups -OCH3 is 2. The van der Waals surface area contributed by atoms with Crippen molar-refractivity contribution < 1.29 is 14.2 Å². The Bertz CT molecular complexity index is 419. The van der Waals surface area contributed by atoms with Crippen LogP contribution in [0.3, 0.4) is 0 Å². The fourth-order valence-electron chi connectivity index (χ4n) is 1.80. The molecule has 0 heterocycles. The Morgan fingerprint density at radius 1 is 1.16 bits per heavy atom. The lowest BCUT2D eigenvalue weighted by Crippen LogP contribution is -2.33. The average molecular weight is 268 g/mol. The molecule has 0 spiro atoms. The first-order chi connectivity index (χ1) is 8.93. The minimum atomic E-state index is -0.256. The molecule has 0 aliphatic carbocycles. The van der Waals surface area contributed by atoms with Gasteiger partial charge < -0.3 is 25.3 Å². The molecule has 1 rings (SSSR count). The molecule has 0 saturated carbocycles. The van der Waals surface area contributed by atoms with Crippen molar-refractivity contribution in [2.24, 2.45) is 0 Å². The molecule has 0 amide bonds. The number of nitrogens with one attached hydrogen (secondary N) is 1. The maximum Gasteiger partial charge on any atom is 0.162 e. The molecular weight excluding hydrogens is 244 g/mol. The Labute approximate surface area is 115 Å². The van der Waals surface area contributed by atoms with E-state index in [9.17, 15) is 0 Å². The molecule has 0 bridgehead atoms. The van der Waals surface area contributed by atoms with Crippen LogP contribution in [0.2, 0.25) is 0 Å². The molecule has 0 fully saturated rings. The molecule has 5 nitrogen and oxygen atoms in total. The van der Waals surface area contributed by atoms with E-state index < -0.39 is 0 Å². The van der Waals surface area contributed by atoms with Gasteiger partial charge in [0.1, 0.15) is 0 Å². The van der Waals surface area contributed by atoms with Gasteiger partial charge in [0.2, 0.25) is 0 Å². The summed E-state index contributed by atoms with van der Waals surface area (Å²) in [4.78, 5) is 0. The Kier molecular flexibility index (Phi) is 5.30. The third-order valence-corrected chi connectivity index (χ3v) is 2.80. The molecule has 5 heteroatoms. The number of anilines is 2. The van der Waals surface area contributed by atoms with Gasteiger partial charge in [0.25, 0.3) is 0 Å². The minimum Gasteiger partial charge on any atom is -0.493 e. The van der Waals surface area contributed by atoms with E-state index in [1.807, 2.05) is 26.8 Å². The summed E-state index contributed by atoms with van der Waals surface area (Å²) in [6.07, 6.45) is 0. The number of ether oxygens (including phenoxy) is 3. The van der Waals surface area contributed by atoms with Gasteiger partial charge in [-0.2, -0.15) is 0 Å². The van der Waals surface area contributed by atoms with Gasteiger partial charge in [-0.05, 0) is 20.8 Å². The first-order valence-corrected chi connectivity index (χ1v) is 6.33. The molecule has 0 aliphatic heterocycles. The van der Waals surface area contributed by atoms with Gasteiger partial charge in [-0.3, -0.25) is 0 Å².